The lowest BCUT2D eigenvalue weighted by molar-refractivity contribution is -0.138. The van der Waals surface area contributed by atoms with Crippen molar-refractivity contribution in [1.82, 2.24) is 4.90 Å². The number of nitrogens with one attached hydrogen (secondary N) is 1. The molecule has 0 aliphatic carbocycles. The molecule has 40 heavy (non-hydrogen) atoms. The molecule has 4 nitrogen and oxygen atoms in total. The fraction of sp³-hybridized carbons (Fsp3) is 0.467. The van der Waals surface area contributed by atoms with Crippen molar-refractivity contribution in [1.29, 1.82) is 5.41 Å². The minimum absolute atomic E-state index is 0.0182. The molecule has 2 unspecified atom stereocenters. The summed E-state index contributed by atoms with van der Waals surface area (Å²) < 4.78 is 81.1. The first-order chi connectivity index (χ1) is 18.8. The van der Waals surface area contributed by atoms with Gasteiger partial charge in [-0.2, -0.15) is 26.3 Å². The van der Waals surface area contributed by atoms with Crippen LogP contribution in [0.2, 0.25) is 0 Å². The highest BCUT2D eigenvalue weighted by atomic mass is 19.4. The van der Waals surface area contributed by atoms with Gasteiger partial charge in [0.25, 0.3) is 0 Å². The number of benzene rings is 2. The lowest BCUT2D eigenvalue weighted by Gasteiger charge is -2.29. The highest BCUT2D eigenvalue weighted by molar-refractivity contribution is 5.98. The highest BCUT2D eigenvalue weighted by Gasteiger charge is 2.35. The molecule has 2 atom stereocenters. The van der Waals surface area contributed by atoms with Crippen LogP contribution in [0.4, 0.5) is 26.3 Å². The molecular weight excluding hydrogens is 530 g/mol. The first-order valence-electron chi connectivity index (χ1n) is 13.5. The molecule has 1 aliphatic heterocycles. The number of allylic oxidation sites excluding steroid dienone is 1. The van der Waals surface area contributed by atoms with Crippen LogP contribution in [0.1, 0.15) is 74.3 Å². The van der Waals surface area contributed by atoms with Crippen LogP contribution < -0.4 is 5.73 Å². The highest BCUT2D eigenvalue weighted by Crippen LogP contribution is 2.36. The smallest absolute Gasteiger partial charge is 0.370 e. The van der Waals surface area contributed by atoms with E-state index in [4.69, 9.17) is 16.1 Å². The summed E-state index contributed by atoms with van der Waals surface area (Å²) in [4.78, 5) is 6.71. The molecule has 0 spiro atoms. The third-order valence-corrected chi connectivity index (χ3v) is 7.34. The monoisotopic (exact) mass is 566 g/mol. The van der Waals surface area contributed by atoms with Gasteiger partial charge in [0.1, 0.15) is 0 Å². The van der Waals surface area contributed by atoms with Crippen molar-refractivity contribution in [3.05, 3.63) is 76.4 Å². The Labute approximate surface area is 231 Å². The molecule has 0 bridgehead atoms. The molecule has 3 N–H and O–H groups in total. The molecule has 0 aromatic heterocycles. The molecule has 2 aromatic carbocycles. The number of halogens is 6. The average molecular weight is 567 g/mol. The van der Waals surface area contributed by atoms with E-state index in [9.17, 15) is 26.3 Å². The van der Waals surface area contributed by atoms with Crippen molar-refractivity contribution in [2.45, 2.75) is 77.7 Å². The minimum atomic E-state index is -4.62. The SMILES string of the molecule is CC/C=C(\N=C(C(C)CC)C1CCCN1C(=N)N)c1ccc(CCc2ccc(C(F)(F)F)cc2)c(C(F)(F)F)c1. The summed E-state index contributed by atoms with van der Waals surface area (Å²) in [7, 11) is 0. The lowest BCUT2D eigenvalue weighted by Crippen LogP contribution is -2.45. The van der Waals surface area contributed by atoms with Gasteiger partial charge in [-0.25, -0.2) is 0 Å². The van der Waals surface area contributed by atoms with Gasteiger partial charge < -0.3 is 10.6 Å². The molecule has 218 valence electrons. The zero-order chi connectivity index (χ0) is 29.7. The van der Waals surface area contributed by atoms with Crippen molar-refractivity contribution < 1.29 is 26.3 Å². The van der Waals surface area contributed by atoms with Crippen molar-refractivity contribution in [3.8, 4) is 0 Å². The summed E-state index contributed by atoms with van der Waals surface area (Å²) in [6, 6.07) is 8.45. The van der Waals surface area contributed by atoms with Gasteiger partial charge in [-0.3, -0.25) is 10.4 Å². The van der Waals surface area contributed by atoms with E-state index >= 15 is 0 Å². The second-order valence-corrected chi connectivity index (χ2v) is 10.1. The zero-order valence-electron chi connectivity index (χ0n) is 23.0. The predicted octanol–water partition coefficient (Wildman–Crippen LogP) is 8.11. The van der Waals surface area contributed by atoms with Gasteiger partial charge in [-0.15, -0.1) is 0 Å². The van der Waals surface area contributed by atoms with Crippen molar-refractivity contribution >= 4 is 17.4 Å². The quantitative estimate of drug-likeness (QED) is 0.183. The van der Waals surface area contributed by atoms with E-state index in [2.05, 4.69) is 0 Å². The molecule has 0 radical (unpaired) electrons. The summed E-state index contributed by atoms with van der Waals surface area (Å²) in [5.74, 6) is -0.00780. The van der Waals surface area contributed by atoms with Crippen LogP contribution in [0.15, 0.2) is 53.5 Å². The number of aliphatic imine (C=N–C) groups is 1. The summed E-state index contributed by atoms with van der Waals surface area (Å²) >= 11 is 0. The predicted molar refractivity (Wildman–Crippen MR) is 147 cm³/mol. The van der Waals surface area contributed by atoms with Crippen LogP contribution in [0.25, 0.3) is 5.70 Å². The molecule has 1 fully saturated rings. The molecule has 10 heteroatoms. The van der Waals surface area contributed by atoms with E-state index in [0.717, 1.165) is 43.2 Å². The van der Waals surface area contributed by atoms with Crippen molar-refractivity contribution in [2.75, 3.05) is 6.54 Å². The first-order valence-corrected chi connectivity index (χ1v) is 13.5. The molecular formula is C30H36F6N4. The lowest BCUT2D eigenvalue weighted by atomic mass is 9.93. The topological polar surface area (TPSA) is 65.5 Å². The van der Waals surface area contributed by atoms with Crippen LogP contribution in [0.3, 0.4) is 0 Å². The number of rotatable bonds is 9. The van der Waals surface area contributed by atoms with E-state index in [0.29, 0.717) is 29.8 Å². The van der Waals surface area contributed by atoms with Gasteiger partial charge in [0.15, 0.2) is 5.96 Å². The van der Waals surface area contributed by atoms with Gasteiger partial charge in [-0.1, -0.05) is 51.1 Å². The molecule has 0 saturated carbocycles. The second kappa shape index (κ2) is 12.9. The fourth-order valence-electron chi connectivity index (χ4n) is 5.00. The number of aryl methyl sites for hydroxylation is 2. The number of likely N-dealkylation sites (tertiary alicyclic amines) is 1. The van der Waals surface area contributed by atoms with Gasteiger partial charge in [0, 0.05) is 17.8 Å². The van der Waals surface area contributed by atoms with E-state index in [1.54, 1.807) is 17.0 Å². The third-order valence-electron chi connectivity index (χ3n) is 7.34. The van der Waals surface area contributed by atoms with Gasteiger partial charge >= 0.3 is 12.4 Å². The van der Waals surface area contributed by atoms with Gasteiger partial charge in [0.2, 0.25) is 0 Å². The molecule has 3 rings (SSSR count). The number of hydrogen-bond acceptors (Lipinski definition) is 2. The number of hydrogen-bond donors (Lipinski definition) is 2. The van der Waals surface area contributed by atoms with Crippen LogP contribution in [0, 0.1) is 11.3 Å². The Morgan fingerprint density at radius 2 is 1.73 bits per heavy atom. The Kier molecular flexibility index (Phi) is 10.1. The number of nitrogens with two attached hydrogens (primary N) is 1. The minimum Gasteiger partial charge on any atom is -0.370 e. The largest absolute Gasteiger partial charge is 0.416 e. The zero-order valence-corrected chi connectivity index (χ0v) is 23.0. The summed E-state index contributed by atoms with van der Waals surface area (Å²) in [6.07, 6.45) is -4.17. The van der Waals surface area contributed by atoms with E-state index in [-0.39, 0.29) is 36.3 Å². The average Bonchev–Trinajstić information content (AvgIpc) is 3.38. The Balaban J connectivity index is 1.97. The normalized spacial score (nSPS) is 17.8. The fourth-order valence-corrected chi connectivity index (χ4v) is 5.00. The van der Waals surface area contributed by atoms with E-state index in [1.165, 1.54) is 18.2 Å². The molecule has 1 heterocycles. The molecule has 2 aromatic rings. The van der Waals surface area contributed by atoms with Crippen molar-refractivity contribution in [2.24, 2.45) is 16.6 Å². The van der Waals surface area contributed by atoms with Gasteiger partial charge in [-0.05, 0) is 73.8 Å². The Bertz CT molecular complexity index is 1230. The van der Waals surface area contributed by atoms with Crippen LogP contribution in [-0.4, -0.2) is 29.2 Å². The van der Waals surface area contributed by atoms with E-state index < -0.39 is 23.5 Å². The van der Waals surface area contributed by atoms with Crippen LogP contribution >= 0.6 is 0 Å². The Hall–Kier alpha value is -3.30. The van der Waals surface area contributed by atoms with Crippen LogP contribution in [-0.2, 0) is 25.2 Å². The van der Waals surface area contributed by atoms with Gasteiger partial charge in [0.05, 0.1) is 22.9 Å². The second-order valence-electron chi connectivity index (χ2n) is 10.1. The maximum atomic E-state index is 14.2. The standard InChI is InChI=1S/C30H36F6N4/c1-4-7-25(39-27(19(3)5-2)26-8-6-17-40(26)28(37)38)22-14-13-21(24(18-22)30(34,35)36)12-9-20-10-15-23(16-11-20)29(31,32)33/h7,10-11,13-16,18-19,26H,4-6,8-9,12,17H2,1-3H3,(H3,37,38)/b25-7-,39-27?. The van der Waals surface area contributed by atoms with Crippen molar-refractivity contribution in [3.63, 3.8) is 0 Å². The Morgan fingerprint density at radius 3 is 2.27 bits per heavy atom. The Morgan fingerprint density at radius 1 is 1.05 bits per heavy atom. The molecule has 1 saturated heterocycles. The maximum Gasteiger partial charge on any atom is 0.416 e. The first kappa shape index (κ1) is 31.2. The molecule has 1 aliphatic rings. The summed E-state index contributed by atoms with van der Waals surface area (Å²) in [5.41, 5.74) is 6.39. The number of guanidine groups is 1. The summed E-state index contributed by atoms with van der Waals surface area (Å²) in [6.45, 7) is 6.56. The molecule has 0 amide bonds. The van der Waals surface area contributed by atoms with E-state index in [1.807, 2.05) is 20.8 Å². The maximum absolute atomic E-state index is 14.2. The third kappa shape index (κ3) is 7.67. The number of nitrogens with zero attached hydrogens (tertiary/aromatic N) is 2. The van der Waals surface area contributed by atoms with Crippen LogP contribution in [0.5, 0.6) is 0 Å². The number of alkyl halides is 6. The summed E-state index contributed by atoms with van der Waals surface area (Å²) in [5, 5.41) is 7.96.